The molecular formula is C13H14N2O2. The molecule has 4 heteroatoms. The van der Waals surface area contributed by atoms with Gasteiger partial charge in [-0.3, -0.25) is 4.79 Å². The molecule has 0 spiro atoms. The average Bonchev–Trinajstić information content (AvgIpc) is 2.82. The molecule has 0 atom stereocenters. The van der Waals surface area contributed by atoms with E-state index in [0.29, 0.717) is 12.2 Å². The van der Waals surface area contributed by atoms with Crippen LogP contribution in [-0.2, 0) is 17.8 Å². The van der Waals surface area contributed by atoms with Gasteiger partial charge >= 0.3 is 0 Å². The van der Waals surface area contributed by atoms with Gasteiger partial charge in [-0.1, -0.05) is 18.2 Å². The van der Waals surface area contributed by atoms with Crippen molar-refractivity contribution in [3.8, 4) is 0 Å². The first-order valence-corrected chi connectivity index (χ1v) is 5.38. The molecule has 0 aliphatic heterocycles. The van der Waals surface area contributed by atoms with Crippen molar-refractivity contribution in [1.82, 2.24) is 5.32 Å². The predicted molar refractivity (Wildman–Crippen MR) is 65.1 cm³/mol. The second-order valence-corrected chi connectivity index (χ2v) is 3.73. The van der Waals surface area contributed by atoms with E-state index in [-0.39, 0.29) is 12.3 Å². The van der Waals surface area contributed by atoms with Crippen molar-refractivity contribution >= 4 is 11.6 Å². The Morgan fingerprint density at radius 3 is 2.76 bits per heavy atom. The number of hydrogen-bond acceptors (Lipinski definition) is 3. The molecule has 0 fully saturated rings. The Kier molecular flexibility index (Phi) is 3.45. The molecule has 4 nitrogen and oxygen atoms in total. The van der Waals surface area contributed by atoms with Crippen molar-refractivity contribution in [2.45, 2.75) is 13.0 Å². The van der Waals surface area contributed by atoms with Crippen LogP contribution >= 0.6 is 0 Å². The first kappa shape index (κ1) is 11.3. The van der Waals surface area contributed by atoms with Crippen molar-refractivity contribution in [3.05, 3.63) is 54.0 Å². The number of furan rings is 1. The summed E-state index contributed by atoms with van der Waals surface area (Å²) in [5, 5.41) is 2.77. The Balaban J connectivity index is 1.87. The SMILES string of the molecule is Nc1ccccc1CC(=O)NCc1ccco1. The van der Waals surface area contributed by atoms with Crippen molar-refractivity contribution < 1.29 is 9.21 Å². The predicted octanol–water partition coefficient (Wildman–Crippen LogP) is 1.72. The maximum Gasteiger partial charge on any atom is 0.224 e. The van der Waals surface area contributed by atoms with E-state index in [1.54, 1.807) is 18.4 Å². The third kappa shape index (κ3) is 3.11. The Morgan fingerprint density at radius 1 is 1.24 bits per heavy atom. The van der Waals surface area contributed by atoms with Gasteiger partial charge in [0, 0.05) is 5.69 Å². The maximum absolute atomic E-state index is 11.7. The minimum Gasteiger partial charge on any atom is -0.467 e. The van der Waals surface area contributed by atoms with E-state index < -0.39 is 0 Å². The molecule has 1 aromatic carbocycles. The first-order valence-electron chi connectivity index (χ1n) is 5.38. The summed E-state index contributed by atoms with van der Waals surface area (Å²) < 4.78 is 5.12. The smallest absolute Gasteiger partial charge is 0.224 e. The summed E-state index contributed by atoms with van der Waals surface area (Å²) in [5.74, 6) is 0.665. The van der Waals surface area contributed by atoms with Crippen molar-refractivity contribution in [3.63, 3.8) is 0 Å². The topological polar surface area (TPSA) is 68.3 Å². The number of hydrogen-bond donors (Lipinski definition) is 2. The molecule has 0 radical (unpaired) electrons. The Hall–Kier alpha value is -2.23. The summed E-state index contributed by atoms with van der Waals surface area (Å²) in [7, 11) is 0. The number of anilines is 1. The van der Waals surface area contributed by atoms with Crippen LogP contribution in [0.5, 0.6) is 0 Å². The summed E-state index contributed by atoms with van der Waals surface area (Å²) in [6.45, 7) is 0.401. The van der Waals surface area contributed by atoms with E-state index in [1.807, 2.05) is 24.3 Å². The third-order valence-electron chi connectivity index (χ3n) is 2.45. The van der Waals surface area contributed by atoms with Crippen molar-refractivity contribution in [2.75, 3.05) is 5.73 Å². The standard InChI is InChI=1S/C13H14N2O2/c14-12-6-2-1-4-10(12)8-13(16)15-9-11-5-3-7-17-11/h1-7H,8-9,14H2,(H,15,16). The molecule has 1 heterocycles. The fraction of sp³-hybridized carbons (Fsp3) is 0.154. The van der Waals surface area contributed by atoms with Gasteiger partial charge in [-0.05, 0) is 23.8 Å². The molecule has 1 amide bonds. The first-order chi connectivity index (χ1) is 8.25. The second kappa shape index (κ2) is 5.21. The van der Waals surface area contributed by atoms with E-state index in [4.69, 9.17) is 10.2 Å². The molecule has 3 N–H and O–H groups in total. The highest BCUT2D eigenvalue weighted by molar-refractivity contribution is 5.80. The average molecular weight is 230 g/mol. The molecule has 2 rings (SSSR count). The Bertz CT molecular complexity index is 492. The number of para-hydroxylation sites is 1. The number of benzene rings is 1. The summed E-state index contributed by atoms with van der Waals surface area (Å²) in [4.78, 5) is 11.7. The zero-order valence-corrected chi connectivity index (χ0v) is 9.35. The minimum absolute atomic E-state index is 0.0701. The van der Waals surface area contributed by atoms with Crippen LogP contribution in [0.25, 0.3) is 0 Å². The van der Waals surface area contributed by atoms with Gasteiger partial charge in [0.05, 0.1) is 19.2 Å². The van der Waals surface area contributed by atoms with Crippen molar-refractivity contribution in [2.24, 2.45) is 0 Å². The highest BCUT2D eigenvalue weighted by Crippen LogP contribution is 2.10. The summed E-state index contributed by atoms with van der Waals surface area (Å²) in [5.41, 5.74) is 7.24. The van der Waals surface area contributed by atoms with Gasteiger partial charge < -0.3 is 15.5 Å². The van der Waals surface area contributed by atoms with E-state index in [9.17, 15) is 4.79 Å². The van der Waals surface area contributed by atoms with Crippen molar-refractivity contribution in [1.29, 1.82) is 0 Å². The zero-order chi connectivity index (χ0) is 12.1. The number of nitrogen functional groups attached to an aromatic ring is 1. The van der Waals surface area contributed by atoms with Crippen LogP contribution in [-0.4, -0.2) is 5.91 Å². The highest BCUT2D eigenvalue weighted by Gasteiger charge is 2.06. The molecular weight excluding hydrogens is 216 g/mol. The molecule has 2 aromatic rings. The van der Waals surface area contributed by atoms with Gasteiger partial charge in [0.25, 0.3) is 0 Å². The summed E-state index contributed by atoms with van der Waals surface area (Å²) >= 11 is 0. The fourth-order valence-electron chi connectivity index (χ4n) is 1.53. The lowest BCUT2D eigenvalue weighted by Crippen LogP contribution is -2.24. The summed E-state index contributed by atoms with van der Waals surface area (Å²) in [6.07, 6.45) is 1.87. The van der Waals surface area contributed by atoms with Gasteiger partial charge in [-0.15, -0.1) is 0 Å². The van der Waals surface area contributed by atoms with E-state index in [2.05, 4.69) is 5.32 Å². The van der Waals surface area contributed by atoms with E-state index >= 15 is 0 Å². The van der Waals surface area contributed by atoms with Crippen LogP contribution in [0.2, 0.25) is 0 Å². The van der Waals surface area contributed by atoms with Crippen LogP contribution in [0.1, 0.15) is 11.3 Å². The molecule has 0 saturated heterocycles. The maximum atomic E-state index is 11.7. The second-order valence-electron chi connectivity index (χ2n) is 3.73. The zero-order valence-electron chi connectivity index (χ0n) is 9.35. The van der Waals surface area contributed by atoms with Crippen LogP contribution < -0.4 is 11.1 Å². The monoisotopic (exact) mass is 230 g/mol. The van der Waals surface area contributed by atoms with Gasteiger partial charge in [0.2, 0.25) is 5.91 Å². The number of carbonyl (C=O) groups is 1. The molecule has 0 unspecified atom stereocenters. The third-order valence-corrected chi connectivity index (χ3v) is 2.45. The van der Waals surface area contributed by atoms with Crippen LogP contribution in [0, 0.1) is 0 Å². The highest BCUT2D eigenvalue weighted by atomic mass is 16.3. The fourth-order valence-corrected chi connectivity index (χ4v) is 1.53. The quantitative estimate of drug-likeness (QED) is 0.786. The number of carbonyl (C=O) groups excluding carboxylic acids is 1. The molecule has 1 aromatic heterocycles. The molecule has 0 saturated carbocycles. The normalized spacial score (nSPS) is 10.1. The lowest BCUT2D eigenvalue weighted by atomic mass is 10.1. The van der Waals surface area contributed by atoms with E-state index in [0.717, 1.165) is 11.3 Å². The largest absolute Gasteiger partial charge is 0.467 e. The molecule has 0 aliphatic rings. The molecule has 0 aliphatic carbocycles. The van der Waals surface area contributed by atoms with Crippen LogP contribution in [0.3, 0.4) is 0 Å². The summed E-state index contributed by atoms with van der Waals surface area (Å²) in [6, 6.07) is 11.0. The Labute approximate surface area is 99.4 Å². The molecule has 0 bridgehead atoms. The van der Waals surface area contributed by atoms with Gasteiger partial charge in [0.15, 0.2) is 0 Å². The lowest BCUT2D eigenvalue weighted by molar-refractivity contribution is -0.120. The minimum atomic E-state index is -0.0701. The molecule has 88 valence electrons. The van der Waals surface area contributed by atoms with Gasteiger partial charge in [-0.2, -0.15) is 0 Å². The van der Waals surface area contributed by atoms with Gasteiger partial charge in [0.1, 0.15) is 5.76 Å². The van der Waals surface area contributed by atoms with E-state index in [1.165, 1.54) is 0 Å². The van der Waals surface area contributed by atoms with Gasteiger partial charge in [-0.25, -0.2) is 0 Å². The number of nitrogens with one attached hydrogen (secondary N) is 1. The Morgan fingerprint density at radius 2 is 2.06 bits per heavy atom. The lowest BCUT2D eigenvalue weighted by Gasteiger charge is -2.05. The number of amides is 1. The van der Waals surface area contributed by atoms with Crippen LogP contribution in [0.15, 0.2) is 47.1 Å². The number of nitrogens with two attached hydrogens (primary N) is 1. The van der Waals surface area contributed by atoms with Crippen LogP contribution in [0.4, 0.5) is 5.69 Å². The molecule has 17 heavy (non-hydrogen) atoms. The number of rotatable bonds is 4.